The van der Waals surface area contributed by atoms with E-state index >= 15 is 0 Å². The van der Waals surface area contributed by atoms with Gasteiger partial charge in [-0.05, 0) is 32.1 Å². The third kappa shape index (κ3) is 2.10. The van der Waals surface area contributed by atoms with Gasteiger partial charge in [0, 0.05) is 19.1 Å². The number of rotatable bonds is 3. The van der Waals surface area contributed by atoms with Gasteiger partial charge in [0.05, 0.1) is 5.41 Å². The summed E-state index contributed by atoms with van der Waals surface area (Å²) in [4.78, 5) is 13.9. The minimum absolute atomic E-state index is 0.432. The fraction of sp³-hybridized carbons (Fsp3) is 0.923. The average Bonchev–Trinajstić information content (AvgIpc) is 2.76. The highest BCUT2D eigenvalue weighted by atomic mass is 16.4. The molecule has 1 saturated carbocycles. The number of carbonyl (C=O) groups is 1. The van der Waals surface area contributed by atoms with Crippen molar-refractivity contribution in [2.24, 2.45) is 11.3 Å². The molecule has 1 aliphatic heterocycles. The van der Waals surface area contributed by atoms with E-state index in [4.69, 9.17) is 0 Å². The molecule has 2 atom stereocenters. The Bertz CT molecular complexity index is 271. The second kappa shape index (κ2) is 4.36. The van der Waals surface area contributed by atoms with E-state index in [-0.39, 0.29) is 0 Å². The molecule has 0 spiro atoms. The molecule has 2 aliphatic rings. The van der Waals surface area contributed by atoms with Crippen LogP contribution in [0.2, 0.25) is 0 Å². The first-order chi connectivity index (χ1) is 7.53. The molecule has 0 aromatic rings. The van der Waals surface area contributed by atoms with Gasteiger partial charge in [-0.1, -0.05) is 19.8 Å². The van der Waals surface area contributed by atoms with Gasteiger partial charge in [0.1, 0.15) is 0 Å². The highest BCUT2D eigenvalue weighted by Crippen LogP contribution is 2.40. The van der Waals surface area contributed by atoms with E-state index in [0.717, 1.165) is 44.7 Å². The third-order valence-corrected chi connectivity index (χ3v) is 4.43. The molecule has 92 valence electrons. The maximum Gasteiger partial charge on any atom is 0.310 e. The lowest BCUT2D eigenvalue weighted by Crippen LogP contribution is -2.42. The second-order valence-corrected chi connectivity index (χ2v) is 5.91. The number of nitrogens with zero attached hydrogens (tertiary/aromatic N) is 1. The van der Waals surface area contributed by atoms with Gasteiger partial charge >= 0.3 is 5.97 Å². The van der Waals surface area contributed by atoms with Crippen molar-refractivity contribution in [2.45, 2.75) is 52.0 Å². The quantitative estimate of drug-likeness (QED) is 0.801. The van der Waals surface area contributed by atoms with Gasteiger partial charge < -0.3 is 5.11 Å². The molecule has 1 N–H and O–H groups in total. The summed E-state index contributed by atoms with van der Waals surface area (Å²) in [5.41, 5.74) is -0.432. The normalized spacial score (nSPS) is 34.4. The van der Waals surface area contributed by atoms with E-state index < -0.39 is 11.4 Å². The predicted molar refractivity (Wildman–Crippen MR) is 63.4 cm³/mol. The van der Waals surface area contributed by atoms with Crippen LogP contribution in [0.5, 0.6) is 0 Å². The van der Waals surface area contributed by atoms with Crippen LogP contribution in [-0.4, -0.2) is 35.1 Å². The summed E-state index contributed by atoms with van der Waals surface area (Å²) >= 11 is 0. The lowest BCUT2D eigenvalue weighted by molar-refractivity contribution is -0.150. The summed E-state index contributed by atoms with van der Waals surface area (Å²) in [5, 5.41) is 9.45. The molecule has 0 aromatic heterocycles. The largest absolute Gasteiger partial charge is 0.481 e. The van der Waals surface area contributed by atoms with Crippen molar-refractivity contribution in [2.75, 3.05) is 13.1 Å². The zero-order valence-corrected chi connectivity index (χ0v) is 10.4. The lowest BCUT2D eigenvalue weighted by Gasteiger charge is -2.32. The molecule has 3 heteroatoms. The third-order valence-electron chi connectivity index (χ3n) is 4.43. The minimum Gasteiger partial charge on any atom is -0.481 e. The first-order valence-electron chi connectivity index (χ1n) is 6.51. The van der Waals surface area contributed by atoms with Crippen LogP contribution in [0.25, 0.3) is 0 Å². The summed E-state index contributed by atoms with van der Waals surface area (Å²) in [7, 11) is 0. The molecule has 16 heavy (non-hydrogen) atoms. The molecule has 2 fully saturated rings. The highest BCUT2D eigenvalue weighted by molar-refractivity contribution is 5.75. The van der Waals surface area contributed by atoms with Crippen LogP contribution < -0.4 is 0 Å². The average molecular weight is 225 g/mol. The second-order valence-electron chi connectivity index (χ2n) is 5.91. The van der Waals surface area contributed by atoms with Crippen molar-refractivity contribution in [3.05, 3.63) is 0 Å². The van der Waals surface area contributed by atoms with E-state index in [9.17, 15) is 9.90 Å². The monoisotopic (exact) mass is 225 g/mol. The number of hydrogen-bond donors (Lipinski definition) is 1. The van der Waals surface area contributed by atoms with E-state index in [1.54, 1.807) is 0 Å². The maximum absolute atomic E-state index is 11.5. The molecule has 2 unspecified atom stereocenters. The molecule has 2 rings (SSSR count). The number of hydrogen-bond acceptors (Lipinski definition) is 2. The fourth-order valence-electron chi connectivity index (χ4n) is 3.49. The first-order valence-corrected chi connectivity index (χ1v) is 6.51. The number of carboxylic acid groups (broad SMARTS) is 1. The molecule has 0 bridgehead atoms. The van der Waals surface area contributed by atoms with Crippen molar-refractivity contribution in [1.82, 2.24) is 4.90 Å². The fourth-order valence-corrected chi connectivity index (χ4v) is 3.49. The van der Waals surface area contributed by atoms with E-state index in [1.807, 2.05) is 0 Å². The molecular formula is C13H23NO2. The number of likely N-dealkylation sites (tertiary alicyclic amines) is 1. The van der Waals surface area contributed by atoms with Crippen LogP contribution in [0.15, 0.2) is 0 Å². The number of carboxylic acids is 1. The SMILES string of the molecule is CC1CC(C)N(CC2(C(=O)O)CCCC2)C1. The molecule has 1 aliphatic carbocycles. The molecular weight excluding hydrogens is 202 g/mol. The number of aliphatic carboxylic acids is 1. The van der Waals surface area contributed by atoms with Gasteiger partial charge in [0.25, 0.3) is 0 Å². The van der Waals surface area contributed by atoms with Crippen LogP contribution in [0, 0.1) is 11.3 Å². The molecule has 1 heterocycles. The molecule has 0 amide bonds. The van der Waals surface area contributed by atoms with Gasteiger partial charge in [-0.3, -0.25) is 9.69 Å². The van der Waals surface area contributed by atoms with Gasteiger partial charge in [0.15, 0.2) is 0 Å². The molecule has 3 nitrogen and oxygen atoms in total. The predicted octanol–water partition coefficient (Wildman–Crippen LogP) is 2.36. The van der Waals surface area contributed by atoms with Crippen LogP contribution in [-0.2, 0) is 4.79 Å². The van der Waals surface area contributed by atoms with Gasteiger partial charge in [-0.25, -0.2) is 0 Å². The summed E-state index contributed by atoms with van der Waals surface area (Å²) in [6.45, 7) is 6.34. The zero-order valence-electron chi connectivity index (χ0n) is 10.4. The van der Waals surface area contributed by atoms with Crippen LogP contribution >= 0.6 is 0 Å². The Labute approximate surface area is 97.8 Å². The van der Waals surface area contributed by atoms with E-state index in [1.165, 1.54) is 6.42 Å². The van der Waals surface area contributed by atoms with Crippen molar-refractivity contribution in [1.29, 1.82) is 0 Å². The summed E-state index contributed by atoms with van der Waals surface area (Å²) in [6.07, 6.45) is 5.14. The molecule has 0 aromatic carbocycles. The lowest BCUT2D eigenvalue weighted by atomic mass is 9.85. The zero-order chi connectivity index (χ0) is 11.8. The summed E-state index contributed by atoms with van der Waals surface area (Å²) in [5.74, 6) is 0.152. The summed E-state index contributed by atoms with van der Waals surface area (Å²) < 4.78 is 0. The smallest absolute Gasteiger partial charge is 0.310 e. The maximum atomic E-state index is 11.5. The Hall–Kier alpha value is -0.570. The molecule has 0 radical (unpaired) electrons. The van der Waals surface area contributed by atoms with E-state index in [2.05, 4.69) is 18.7 Å². The Kier molecular flexibility index (Phi) is 3.24. The summed E-state index contributed by atoms with van der Waals surface area (Å²) in [6, 6.07) is 0.562. The van der Waals surface area contributed by atoms with Gasteiger partial charge in [-0.2, -0.15) is 0 Å². The van der Waals surface area contributed by atoms with Crippen LogP contribution in [0.3, 0.4) is 0 Å². The van der Waals surface area contributed by atoms with Gasteiger partial charge in [-0.15, -0.1) is 0 Å². The highest BCUT2D eigenvalue weighted by Gasteiger charge is 2.44. The van der Waals surface area contributed by atoms with Crippen molar-refractivity contribution in [3.63, 3.8) is 0 Å². The van der Waals surface area contributed by atoms with Gasteiger partial charge in [0.2, 0.25) is 0 Å². The van der Waals surface area contributed by atoms with E-state index in [0.29, 0.717) is 6.04 Å². The Morgan fingerprint density at radius 2 is 2.00 bits per heavy atom. The van der Waals surface area contributed by atoms with Crippen LogP contribution in [0.4, 0.5) is 0 Å². The molecule has 1 saturated heterocycles. The van der Waals surface area contributed by atoms with Crippen molar-refractivity contribution in [3.8, 4) is 0 Å². The van der Waals surface area contributed by atoms with Crippen molar-refractivity contribution < 1.29 is 9.90 Å². The Morgan fingerprint density at radius 3 is 2.44 bits per heavy atom. The Morgan fingerprint density at radius 1 is 1.38 bits per heavy atom. The topological polar surface area (TPSA) is 40.5 Å². The minimum atomic E-state index is -0.572. The first kappa shape index (κ1) is 11.9. The van der Waals surface area contributed by atoms with Crippen molar-refractivity contribution >= 4 is 5.97 Å². The van der Waals surface area contributed by atoms with Crippen LogP contribution in [0.1, 0.15) is 46.0 Å². The Balaban J connectivity index is 2.04. The standard InChI is InChI=1S/C13H23NO2/c1-10-7-11(2)14(8-10)9-13(12(15)16)5-3-4-6-13/h10-11H,3-9H2,1-2H3,(H,15,16).